The highest BCUT2D eigenvalue weighted by Crippen LogP contribution is 2.33. The van der Waals surface area contributed by atoms with Gasteiger partial charge in [0.05, 0.1) is 28.4 Å². The van der Waals surface area contributed by atoms with Crippen molar-refractivity contribution in [1.82, 2.24) is 0 Å². The molecule has 3 aromatic carbocycles. The maximum Gasteiger partial charge on any atom is 0.336 e. The molecule has 0 saturated heterocycles. The van der Waals surface area contributed by atoms with E-state index in [0.29, 0.717) is 49.3 Å². The van der Waals surface area contributed by atoms with Gasteiger partial charge in [0.2, 0.25) is 0 Å². The van der Waals surface area contributed by atoms with E-state index in [1.54, 1.807) is 75.4 Å². The van der Waals surface area contributed by atoms with Crippen LogP contribution in [0, 0.1) is 6.92 Å². The molecule has 1 aromatic heterocycles. The highest BCUT2D eigenvalue weighted by Gasteiger charge is 2.21. The predicted octanol–water partition coefficient (Wildman–Crippen LogP) is 4.75. The molecule has 11 heteroatoms. The molecule has 4 aromatic rings. The first-order valence-corrected chi connectivity index (χ1v) is 12.6. The van der Waals surface area contributed by atoms with E-state index in [-0.39, 0.29) is 16.9 Å². The van der Waals surface area contributed by atoms with Crippen molar-refractivity contribution >= 4 is 68.2 Å². The Kier molecular flexibility index (Phi) is 8.03. The van der Waals surface area contributed by atoms with Gasteiger partial charge in [-0.3, -0.25) is 10.9 Å². The Balaban J connectivity index is 1.74. The Labute approximate surface area is 235 Å². The topological polar surface area (TPSA) is 151 Å². The lowest BCUT2D eigenvalue weighted by atomic mass is 9.97. The summed E-state index contributed by atoms with van der Waals surface area (Å²) >= 11 is 9.98. The molecule has 7 N–H and O–H groups in total. The van der Waals surface area contributed by atoms with Crippen molar-refractivity contribution in [1.29, 1.82) is 0 Å². The monoisotopic (exact) mass is 558 g/mol. The lowest BCUT2D eigenvalue weighted by Gasteiger charge is -2.14. The van der Waals surface area contributed by atoms with Crippen LogP contribution in [0.3, 0.4) is 0 Å². The van der Waals surface area contributed by atoms with Gasteiger partial charge in [0.25, 0.3) is 0 Å². The molecule has 39 heavy (non-hydrogen) atoms. The Hall–Kier alpha value is -4.61. The van der Waals surface area contributed by atoms with Crippen molar-refractivity contribution < 1.29 is 9.52 Å². The summed E-state index contributed by atoms with van der Waals surface area (Å²) in [6.45, 7) is 5.25. The van der Waals surface area contributed by atoms with Crippen molar-refractivity contribution in [3.63, 3.8) is 0 Å². The number of aryl methyl sites for hydroxylation is 1. The minimum Gasteiger partial charge on any atom is -0.506 e. The van der Waals surface area contributed by atoms with E-state index in [1.165, 1.54) is 6.07 Å². The first kappa shape index (κ1) is 27.4. The third-order valence-electron chi connectivity index (χ3n) is 6.01. The van der Waals surface area contributed by atoms with Gasteiger partial charge in [-0.1, -0.05) is 24.4 Å². The van der Waals surface area contributed by atoms with Gasteiger partial charge in [0.15, 0.2) is 5.58 Å². The van der Waals surface area contributed by atoms with Gasteiger partial charge in [-0.15, -0.1) is 0 Å². The number of hydrogen-bond donors (Lipinski definition) is 5. The van der Waals surface area contributed by atoms with Crippen molar-refractivity contribution in [2.24, 2.45) is 21.7 Å². The van der Waals surface area contributed by atoms with E-state index in [1.807, 2.05) is 0 Å². The number of hydrogen-bond acceptors (Lipinski definition) is 9. The van der Waals surface area contributed by atoms with Crippen molar-refractivity contribution in [2.75, 3.05) is 10.9 Å². The number of nitrogens with one attached hydrogen (secondary N) is 2. The average molecular weight is 559 g/mol. The molecule has 1 heterocycles. The molecule has 0 aliphatic carbocycles. The second kappa shape index (κ2) is 11.4. The highest BCUT2D eigenvalue weighted by molar-refractivity contribution is 7.80. The van der Waals surface area contributed by atoms with Crippen molar-refractivity contribution in [3.05, 3.63) is 98.9 Å². The molecule has 0 saturated carbocycles. The summed E-state index contributed by atoms with van der Waals surface area (Å²) < 4.78 is 5.54. The number of thiocarbonyl (C=S) groups is 2. The van der Waals surface area contributed by atoms with E-state index < -0.39 is 5.63 Å². The summed E-state index contributed by atoms with van der Waals surface area (Å²) in [6.07, 6.45) is 0. The molecule has 0 bridgehead atoms. The first-order chi connectivity index (χ1) is 18.5. The fourth-order valence-electron chi connectivity index (χ4n) is 3.88. The van der Waals surface area contributed by atoms with Crippen LogP contribution in [0.1, 0.15) is 41.7 Å². The summed E-state index contributed by atoms with van der Waals surface area (Å²) in [6, 6.07) is 17.4. The van der Waals surface area contributed by atoms with E-state index in [0.717, 1.165) is 11.1 Å². The van der Waals surface area contributed by atoms with Gasteiger partial charge in [-0.05, 0) is 80.9 Å². The quantitative estimate of drug-likeness (QED) is 0.0893. The van der Waals surface area contributed by atoms with Crippen LogP contribution in [0.25, 0.3) is 11.0 Å². The van der Waals surface area contributed by atoms with E-state index >= 15 is 0 Å². The molecule has 0 aliphatic heterocycles. The summed E-state index contributed by atoms with van der Waals surface area (Å²) in [5.74, 6) is -0.130. The van der Waals surface area contributed by atoms with Crippen LogP contribution in [0.2, 0.25) is 0 Å². The van der Waals surface area contributed by atoms with Gasteiger partial charge < -0.3 is 21.0 Å². The number of phenols is 1. The normalized spacial score (nSPS) is 11.9. The molecule has 0 atom stereocenters. The van der Waals surface area contributed by atoms with Crippen LogP contribution in [0.15, 0.2) is 80.1 Å². The lowest BCUT2D eigenvalue weighted by Crippen LogP contribution is -2.10. The lowest BCUT2D eigenvalue weighted by molar-refractivity contribution is 0.470. The second-order valence-corrected chi connectivity index (χ2v) is 9.65. The minimum atomic E-state index is -0.532. The maximum atomic E-state index is 12.2. The number of hydrazone groups is 2. The fourth-order valence-corrected chi connectivity index (χ4v) is 4.15. The first-order valence-electron chi connectivity index (χ1n) is 11.8. The molecule has 9 nitrogen and oxygen atoms in total. The summed E-state index contributed by atoms with van der Waals surface area (Å²) in [5, 5.41) is 20.9. The zero-order valence-electron chi connectivity index (χ0n) is 21.4. The molecular formula is C28H26N6O3S2. The smallest absolute Gasteiger partial charge is 0.336 e. The number of nitrogens with two attached hydrogens (primary N) is 2. The Bertz CT molecular complexity index is 1710. The molecule has 0 spiro atoms. The Morgan fingerprint density at radius 1 is 0.846 bits per heavy atom. The third kappa shape index (κ3) is 6.11. The molecule has 4 rings (SSSR count). The molecule has 0 aliphatic rings. The summed E-state index contributed by atoms with van der Waals surface area (Å²) in [4.78, 5) is 12.8. The summed E-state index contributed by atoms with van der Waals surface area (Å²) in [5.41, 5.74) is 22.1. The number of anilines is 2. The molecule has 0 unspecified atom stereocenters. The van der Waals surface area contributed by atoms with Crippen LogP contribution in [0.4, 0.5) is 11.4 Å². The van der Waals surface area contributed by atoms with Crippen LogP contribution in [0.5, 0.6) is 5.75 Å². The van der Waals surface area contributed by atoms with Gasteiger partial charge in [-0.2, -0.15) is 10.2 Å². The van der Waals surface area contributed by atoms with Gasteiger partial charge in [0.1, 0.15) is 15.7 Å². The van der Waals surface area contributed by atoms with Gasteiger partial charge >= 0.3 is 5.63 Å². The number of benzene rings is 3. The zero-order valence-corrected chi connectivity index (χ0v) is 23.0. The largest absolute Gasteiger partial charge is 0.506 e. The number of rotatable bonds is 8. The molecule has 0 fully saturated rings. The number of aromatic hydroxyl groups is 1. The number of fused-ring (bicyclic) bond motifs is 1. The molecule has 0 amide bonds. The highest BCUT2D eigenvalue weighted by atomic mass is 32.1. The minimum absolute atomic E-state index is 0.130. The Morgan fingerprint density at radius 3 is 1.82 bits per heavy atom. The molecular weight excluding hydrogens is 532 g/mol. The number of phenolic OH excluding ortho intramolecular Hbond substituents is 1. The average Bonchev–Trinajstić information content (AvgIpc) is 2.90. The third-order valence-corrected chi connectivity index (χ3v) is 6.48. The van der Waals surface area contributed by atoms with Gasteiger partial charge in [0, 0.05) is 28.1 Å². The van der Waals surface area contributed by atoms with Crippen LogP contribution in [-0.4, -0.2) is 26.5 Å². The predicted molar refractivity (Wildman–Crippen MR) is 165 cm³/mol. The zero-order chi connectivity index (χ0) is 28.3. The van der Waals surface area contributed by atoms with E-state index in [9.17, 15) is 9.90 Å². The standard InChI is InChI=1S/C28H26N6O3S2/c1-14-12-23(35)37-26-21(14)13-22(15(2)31-33-19-8-4-17(5-9-19)27(29)38)25(36)24(26)16(3)32-34-20-10-6-18(7-11-20)28(30)39/h4-13,33-34,36H,1-3H3,(H2,29,38)(H2,30,39)/b31-15+,32-16+. The van der Waals surface area contributed by atoms with Crippen molar-refractivity contribution in [3.8, 4) is 5.75 Å². The van der Waals surface area contributed by atoms with Crippen LogP contribution >= 0.6 is 24.4 Å². The van der Waals surface area contributed by atoms with E-state index in [2.05, 4.69) is 21.1 Å². The van der Waals surface area contributed by atoms with Gasteiger partial charge in [-0.25, -0.2) is 4.79 Å². The summed E-state index contributed by atoms with van der Waals surface area (Å²) in [7, 11) is 0. The SMILES string of the molecule is C/C(=N\Nc1ccc(C(N)=S)cc1)c1cc2c(C)cc(=O)oc2c(/C(C)=N/Nc2ccc(C(N)=S)cc2)c1O. The fraction of sp³-hybridized carbons (Fsp3) is 0.107. The maximum absolute atomic E-state index is 12.2. The van der Waals surface area contributed by atoms with Crippen LogP contribution in [-0.2, 0) is 0 Å². The second-order valence-electron chi connectivity index (χ2n) is 8.77. The Morgan fingerprint density at radius 2 is 1.33 bits per heavy atom. The van der Waals surface area contributed by atoms with Crippen LogP contribution < -0.4 is 27.9 Å². The number of nitrogens with zero attached hydrogens (tertiary/aromatic N) is 2. The molecule has 198 valence electrons. The molecule has 0 radical (unpaired) electrons. The van der Waals surface area contributed by atoms with Crippen molar-refractivity contribution in [2.45, 2.75) is 20.8 Å². The van der Waals surface area contributed by atoms with E-state index in [4.69, 9.17) is 40.3 Å².